The summed E-state index contributed by atoms with van der Waals surface area (Å²) in [4.78, 5) is 9.90. The summed E-state index contributed by atoms with van der Waals surface area (Å²) in [6.07, 6.45) is 1.49. The van der Waals surface area contributed by atoms with E-state index < -0.39 is 0 Å². The molecule has 1 aromatic rings. The molecule has 0 aromatic carbocycles. The first-order chi connectivity index (χ1) is 7.00. The summed E-state index contributed by atoms with van der Waals surface area (Å²) >= 11 is 5.90. The average Bonchev–Trinajstić information content (AvgIpc) is 2.18. The van der Waals surface area contributed by atoms with Crippen LogP contribution in [0.2, 0.25) is 5.02 Å². The molecule has 0 saturated carbocycles. The maximum absolute atomic E-state index is 5.90. The maximum Gasteiger partial charge on any atom is 0.222 e. The van der Waals surface area contributed by atoms with Crippen molar-refractivity contribution >= 4 is 23.4 Å². The Morgan fingerprint density at radius 3 is 2.87 bits per heavy atom. The zero-order chi connectivity index (χ0) is 11.4. The maximum atomic E-state index is 5.90. The van der Waals surface area contributed by atoms with E-state index >= 15 is 0 Å². The number of hydrogen-bond donors (Lipinski definition) is 2. The number of nitrogens with zero attached hydrogens (tertiary/aromatic N) is 3. The number of nitrogens with one attached hydrogen (secondary N) is 1. The molecule has 1 unspecified atom stereocenters. The van der Waals surface area contributed by atoms with Crippen molar-refractivity contribution in [1.29, 1.82) is 0 Å². The van der Waals surface area contributed by atoms with E-state index in [1.54, 1.807) is 0 Å². The highest BCUT2D eigenvalue weighted by Crippen LogP contribution is 2.18. The minimum absolute atomic E-state index is 0.222. The Kier molecular flexibility index (Phi) is 4.11. The molecule has 0 radical (unpaired) electrons. The molecule has 1 atom stereocenters. The lowest BCUT2D eigenvalue weighted by Crippen LogP contribution is -2.31. The molecule has 0 saturated heterocycles. The smallest absolute Gasteiger partial charge is 0.222 e. The van der Waals surface area contributed by atoms with E-state index in [0.29, 0.717) is 16.9 Å². The fourth-order valence-electron chi connectivity index (χ4n) is 0.932. The molecule has 15 heavy (non-hydrogen) atoms. The van der Waals surface area contributed by atoms with Crippen molar-refractivity contribution in [3.63, 3.8) is 0 Å². The van der Waals surface area contributed by atoms with Gasteiger partial charge in [0.25, 0.3) is 0 Å². The molecular weight excluding hydrogens is 214 g/mol. The fourth-order valence-corrected chi connectivity index (χ4v) is 1.09. The molecule has 1 rings (SSSR count). The Morgan fingerprint density at radius 1 is 1.60 bits per heavy atom. The van der Waals surface area contributed by atoms with E-state index in [1.165, 1.54) is 6.20 Å². The Bertz CT molecular complexity index is 328. The largest absolute Gasteiger partial charge is 0.368 e. The van der Waals surface area contributed by atoms with Crippen LogP contribution in [0, 0.1) is 0 Å². The Hall–Kier alpha value is -1.07. The lowest BCUT2D eigenvalue weighted by molar-refractivity contribution is 0.326. The van der Waals surface area contributed by atoms with E-state index in [-0.39, 0.29) is 5.95 Å². The van der Waals surface area contributed by atoms with Gasteiger partial charge in [-0.1, -0.05) is 11.6 Å². The standard InChI is InChI=1S/C9H16ClN5/c1-6(15(2)3)4-12-8-7(10)5-13-9(11)14-8/h5-6H,4H2,1-3H3,(H3,11,12,13,14). The van der Waals surface area contributed by atoms with Crippen molar-refractivity contribution in [3.05, 3.63) is 11.2 Å². The molecular formula is C9H16ClN5. The van der Waals surface area contributed by atoms with Crippen LogP contribution in [0.1, 0.15) is 6.92 Å². The molecule has 1 aromatic heterocycles. The molecule has 0 aliphatic heterocycles. The van der Waals surface area contributed by atoms with E-state index in [1.807, 2.05) is 14.1 Å². The Labute approximate surface area is 94.6 Å². The van der Waals surface area contributed by atoms with E-state index in [0.717, 1.165) is 6.54 Å². The average molecular weight is 230 g/mol. The number of likely N-dealkylation sites (N-methyl/N-ethyl adjacent to an activating group) is 1. The zero-order valence-electron chi connectivity index (χ0n) is 9.16. The van der Waals surface area contributed by atoms with Gasteiger partial charge in [0.15, 0.2) is 5.82 Å². The van der Waals surface area contributed by atoms with Crippen LogP contribution in [0.25, 0.3) is 0 Å². The molecule has 0 fully saturated rings. The van der Waals surface area contributed by atoms with Crippen molar-refractivity contribution in [2.75, 3.05) is 31.7 Å². The molecule has 0 aliphatic rings. The van der Waals surface area contributed by atoms with Crippen LogP contribution in [0.15, 0.2) is 6.20 Å². The zero-order valence-corrected chi connectivity index (χ0v) is 9.91. The highest BCUT2D eigenvalue weighted by Gasteiger charge is 2.07. The predicted octanol–water partition coefficient (Wildman–Crippen LogP) is 1.07. The van der Waals surface area contributed by atoms with Crippen molar-refractivity contribution in [2.45, 2.75) is 13.0 Å². The van der Waals surface area contributed by atoms with Gasteiger partial charge in [0.2, 0.25) is 5.95 Å². The van der Waals surface area contributed by atoms with Crippen molar-refractivity contribution < 1.29 is 0 Å². The molecule has 6 heteroatoms. The summed E-state index contributed by atoms with van der Waals surface area (Å²) in [6, 6.07) is 0.386. The second-order valence-corrected chi connectivity index (χ2v) is 4.03. The third kappa shape index (κ3) is 3.53. The van der Waals surface area contributed by atoms with Gasteiger partial charge in [-0.25, -0.2) is 4.98 Å². The molecule has 0 amide bonds. The number of hydrogen-bond acceptors (Lipinski definition) is 5. The molecule has 84 valence electrons. The van der Waals surface area contributed by atoms with Crippen LogP contribution in [0.4, 0.5) is 11.8 Å². The first-order valence-electron chi connectivity index (χ1n) is 4.69. The first-order valence-corrected chi connectivity index (χ1v) is 5.07. The van der Waals surface area contributed by atoms with Crippen LogP contribution in [-0.4, -0.2) is 41.5 Å². The normalized spacial score (nSPS) is 12.9. The molecule has 0 spiro atoms. The van der Waals surface area contributed by atoms with Crippen LogP contribution in [-0.2, 0) is 0 Å². The predicted molar refractivity (Wildman–Crippen MR) is 63.1 cm³/mol. The third-order valence-corrected chi connectivity index (χ3v) is 2.49. The lowest BCUT2D eigenvalue weighted by Gasteiger charge is -2.20. The highest BCUT2D eigenvalue weighted by molar-refractivity contribution is 6.32. The van der Waals surface area contributed by atoms with Gasteiger partial charge >= 0.3 is 0 Å². The topological polar surface area (TPSA) is 67.1 Å². The monoisotopic (exact) mass is 229 g/mol. The first kappa shape index (κ1) is 12.0. The number of halogens is 1. The number of nitrogens with two attached hydrogens (primary N) is 1. The molecule has 0 bridgehead atoms. The Morgan fingerprint density at radius 2 is 2.27 bits per heavy atom. The molecule has 3 N–H and O–H groups in total. The van der Waals surface area contributed by atoms with Gasteiger partial charge in [-0.2, -0.15) is 4.98 Å². The summed E-state index contributed by atoms with van der Waals surface area (Å²) in [5.74, 6) is 0.803. The van der Waals surface area contributed by atoms with Gasteiger partial charge in [0, 0.05) is 12.6 Å². The van der Waals surface area contributed by atoms with Crippen molar-refractivity contribution in [1.82, 2.24) is 14.9 Å². The van der Waals surface area contributed by atoms with Crippen LogP contribution >= 0.6 is 11.6 Å². The highest BCUT2D eigenvalue weighted by atomic mass is 35.5. The number of anilines is 2. The number of nitrogen functional groups attached to an aromatic ring is 1. The fraction of sp³-hybridized carbons (Fsp3) is 0.556. The number of aromatic nitrogens is 2. The lowest BCUT2D eigenvalue weighted by atomic mass is 10.3. The summed E-state index contributed by atoms with van der Waals surface area (Å²) in [5, 5.41) is 3.61. The Balaban J connectivity index is 2.61. The second kappa shape index (κ2) is 5.14. The van der Waals surface area contributed by atoms with Gasteiger partial charge < -0.3 is 16.0 Å². The summed E-state index contributed by atoms with van der Waals surface area (Å²) in [5.41, 5.74) is 5.46. The summed E-state index contributed by atoms with van der Waals surface area (Å²) in [7, 11) is 4.03. The molecule has 0 aliphatic carbocycles. The van der Waals surface area contributed by atoms with Gasteiger partial charge in [0.05, 0.1) is 6.20 Å². The van der Waals surface area contributed by atoms with Gasteiger partial charge in [0.1, 0.15) is 5.02 Å². The van der Waals surface area contributed by atoms with E-state index in [2.05, 4.69) is 27.1 Å². The third-order valence-electron chi connectivity index (χ3n) is 2.21. The van der Waals surface area contributed by atoms with Crippen LogP contribution in [0.3, 0.4) is 0 Å². The van der Waals surface area contributed by atoms with Crippen LogP contribution < -0.4 is 11.1 Å². The molecule has 1 heterocycles. The second-order valence-electron chi connectivity index (χ2n) is 3.62. The van der Waals surface area contributed by atoms with Gasteiger partial charge in [-0.05, 0) is 21.0 Å². The van der Waals surface area contributed by atoms with E-state index in [4.69, 9.17) is 17.3 Å². The minimum atomic E-state index is 0.222. The van der Waals surface area contributed by atoms with E-state index in [9.17, 15) is 0 Å². The van der Waals surface area contributed by atoms with Gasteiger partial charge in [-0.15, -0.1) is 0 Å². The molecule has 5 nitrogen and oxygen atoms in total. The quantitative estimate of drug-likeness (QED) is 0.809. The minimum Gasteiger partial charge on any atom is -0.368 e. The van der Waals surface area contributed by atoms with Crippen LogP contribution in [0.5, 0.6) is 0 Å². The number of rotatable bonds is 4. The summed E-state index contributed by atoms with van der Waals surface area (Å²) < 4.78 is 0. The van der Waals surface area contributed by atoms with Crippen molar-refractivity contribution in [3.8, 4) is 0 Å². The summed E-state index contributed by atoms with van der Waals surface area (Å²) in [6.45, 7) is 2.86. The van der Waals surface area contributed by atoms with Gasteiger partial charge in [-0.3, -0.25) is 0 Å². The SMILES string of the molecule is CC(CNc1nc(N)ncc1Cl)N(C)C. The van der Waals surface area contributed by atoms with Crippen molar-refractivity contribution in [2.24, 2.45) is 0 Å².